The van der Waals surface area contributed by atoms with Gasteiger partial charge in [-0.1, -0.05) is 0 Å². The van der Waals surface area contributed by atoms with Crippen LogP contribution in [0.4, 0.5) is 13.2 Å². The lowest BCUT2D eigenvalue weighted by atomic mass is 10.1. The maximum absolute atomic E-state index is 13.1. The van der Waals surface area contributed by atoms with Crippen LogP contribution < -0.4 is 0 Å². The molecule has 1 amide bonds. The highest BCUT2D eigenvalue weighted by atomic mass is 19.2. The van der Waals surface area contributed by atoms with E-state index in [2.05, 4.69) is 0 Å². The van der Waals surface area contributed by atoms with E-state index in [1.165, 1.54) is 0 Å². The third-order valence-corrected chi connectivity index (χ3v) is 3.06. The van der Waals surface area contributed by atoms with Gasteiger partial charge in [0.15, 0.2) is 17.5 Å². The highest BCUT2D eigenvalue weighted by Crippen LogP contribution is 2.22. The first kappa shape index (κ1) is 14.3. The second kappa shape index (κ2) is 5.12. The van der Waals surface area contributed by atoms with Crippen LogP contribution in [0, 0.1) is 17.5 Å². The maximum atomic E-state index is 13.1. The molecular formula is C12H10F3NO4. The number of nitrogens with zero attached hydrogens (tertiary/aromatic N) is 1. The van der Waals surface area contributed by atoms with Gasteiger partial charge in [-0.2, -0.15) is 0 Å². The summed E-state index contributed by atoms with van der Waals surface area (Å²) in [5, 5.41) is 18.3. The van der Waals surface area contributed by atoms with E-state index < -0.39 is 47.0 Å². The zero-order valence-corrected chi connectivity index (χ0v) is 10.0. The molecule has 108 valence electrons. The van der Waals surface area contributed by atoms with Crippen molar-refractivity contribution >= 4 is 11.9 Å². The van der Waals surface area contributed by atoms with E-state index in [4.69, 9.17) is 5.11 Å². The minimum absolute atomic E-state index is 0.173. The van der Waals surface area contributed by atoms with Gasteiger partial charge >= 0.3 is 5.97 Å². The van der Waals surface area contributed by atoms with Gasteiger partial charge in [-0.15, -0.1) is 0 Å². The second-order valence-electron chi connectivity index (χ2n) is 4.45. The summed E-state index contributed by atoms with van der Waals surface area (Å²) < 4.78 is 38.9. The monoisotopic (exact) mass is 289 g/mol. The van der Waals surface area contributed by atoms with E-state index in [1.807, 2.05) is 0 Å². The fraction of sp³-hybridized carbons (Fsp3) is 0.333. The van der Waals surface area contributed by atoms with Crippen molar-refractivity contribution in [1.82, 2.24) is 4.90 Å². The molecule has 0 aromatic heterocycles. The Labute approximate surface area is 111 Å². The molecule has 8 heteroatoms. The molecular weight excluding hydrogens is 279 g/mol. The van der Waals surface area contributed by atoms with Crippen LogP contribution in [-0.4, -0.2) is 45.7 Å². The number of aliphatic carboxylic acids is 1. The third kappa shape index (κ3) is 2.46. The Morgan fingerprint density at radius 3 is 2.25 bits per heavy atom. The lowest BCUT2D eigenvalue weighted by Gasteiger charge is -2.21. The first-order valence-corrected chi connectivity index (χ1v) is 5.67. The number of carboxylic acid groups (broad SMARTS) is 1. The molecule has 2 N–H and O–H groups in total. The van der Waals surface area contributed by atoms with E-state index in [-0.39, 0.29) is 13.0 Å². The molecule has 2 atom stereocenters. The van der Waals surface area contributed by atoms with Crippen LogP contribution in [-0.2, 0) is 4.79 Å². The quantitative estimate of drug-likeness (QED) is 0.788. The van der Waals surface area contributed by atoms with Gasteiger partial charge < -0.3 is 15.1 Å². The number of benzene rings is 1. The van der Waals surface area contributed by atoms with Crippen molar-refractivity contribution in [2.45, 2.75) is 18.6 Å². The number of hydrogen-bond donors (Lipinski definition) is 2. The van der Waals surface area contributed by atoms with Gasteiger partial charge in [-0.3, -0.25) is 4.79 Å². The van der Waals surface area contributed by atoms with Crippen molar-refractivity contribution in [1.29, 1.82) is 0 Å². The van der Waals surface area contributed by atoms with Crippen molar-refractivity contribution < 1.29 is 33.0 Å². The molecule has 1 aromatic rings. The van der Waals surface area contributed by atoms with E-state index in [9.17, 15) is 27.9 Å². The van der Waals surface area contributed by atoms with Crippen LogP contribution in [0.1, 0.15) is 16.8 Å². The minimum atomic E-state index is -1.71. The van der Waals surface area contributed by atoms with Gasteiger partial charge in [0.1, 0.15) is 6.04 Å². The number of rotatable bonds is 2. The first-order chi connectivity index (χ1) is 9.31. The molecule has 0 radical (unpaired) electrons. The number of aliphatic hydroxyl groups excluding tert-OH is 1. The molecule has 1 heterocycles. The number of hydrogen-bond acceptors (Lipinski definition) is 3. The van der Waals surface area contributed by atoms with Crippen molar-refractivity contribution in [2.24, 2.45) is 0 Å². The summed E-state index contributed by atoms with van der Waals surface area (Å²) in [5.41, 5.74) is -0.512. The number of carbonyl (C=O) groups is 2. The number of carbonyl (C=O) groups excluding carboxylic acids is 1. The highest BCUT2D eigenvalue weighted by Gasteiger charge is 2.39. The van der Waals surface area contributed by atoms with Gasteiger partial charge in [-0.25, -0.2) is 18.0 Å². The predicted octanol–water partition coefficient (Wildman–Crippen LogP) is 0.764. The normalized spacial score (nSPS) is 22.1. The SMILES string of the molecule is O=C(O)C1CC(O)CN1C(=O)c1cc(F)c(F)c(F)c1. The molecule has 0 spiro atoms. The molecule has 2 rings (SSSR count). The van der Waals surface area contributed by atoms with Gasteiger partial charge in [-0.05, 0) is 12.1 Å². The lowest BCUT2D eigenvalue weighted by molar-refractivity contribution is -0.141. The van der Waals surface area contributed by atoms with Crippen LogP contribution >= 0.6 is 0 Å². The van der Waals surface area contributed by atoms with Gasteiger partial charge in [0, 0.05) is 18.5 Å². The molecule has 0 bridgehead atoms. The van der Waals surface area contributed by atoms with Crippen LogP contribution in [0.25, 0.3) is 0 Å². The van der Waals surface area contributed by atoms with Crippen LogP contribution in [0.3, 0.4) is 0 Å². The maximum Gasteiger partial charge on any atom is 0.326 e. The predicted molar refractivity (Wildman–Crippen MR) is 59.4 cm³/mol. The van der Waals surface area contributed by atoms with Gasteiger partial charge in [0.05, 0.1) is 6.10 Å². The van der Waals surface area contributed by atoms with Gasteiger partial charge in [0.25, 0.3) is 5.91 Å². The average Bonchev–Trinajstić information content (AvgIpc) is 2.76. The molecule has 0 aliphatic carbocycles. The fourth-order valence-corrected chi connectivity index (χ4v) is 2.12. The zero-order chi connectivity index (χ0) is 15.0. The second-order valence-corrected chi connectivity index (χ2v) is 4.45. The van der Waals surface area contributed by atoms with Crippen molar-refractivity contribution in [3.63, 3.8) is 0 Å². The Morgan fingerprint density at radius 2 is 1.75 bits per heavy atom. The Hall–Kier alpha value is -2.09. The van der Waals surface area contributed by atoms with Crippen LogP contribution in [0.2, 0.25) is 0 Å². The van der Waals surface area contributed by atoms with Crippen molar-refractivity contribution in [2.75, 3.05) is 6.54 Å². The molecule has 1 aliphatic rings. The summed E-state index contributed by atoms with van der Waals surface area (Å²) in [7, 11) is 0. The molecule has 1 aliphatic heterocycles. The molecule has 1 aromatic carbocycles. The first-order valence-electron chi connectivity index (χ1n) is 5.67. The number of carboxylic acids is 1. The number of amides is 1. The van der Waals surface area contributed by atoms with E-state index >= 15 is 0 Å². The largest absolute Gasteiger partial charge is 0.480 e. The summed E-state index contributed by atoms with van der Waals surface area (Å²) >= 11 is 0. The molecule has 5 nitrogen and oxygen atoms in total. The highest BCUT2D eigenvalue weighted by molar-refractivity contribution is 5.97. The number of β-amino-alcohol motifs (C(OH)–C–C–N with tert-alkyl or cyclic N) is 1. The van der Waals surface area contributed by atoms with Gasteiger partial charge in [0.2, 0.25) is 0 Å². The molecule has 2 unspecified atom stereocenters. The molecule has 0 saturated carbocycles. The molecule has 1 saturated heterocycles. The summed E-state index contributed by atoms with van der Waals surface area (Å²) in [5.74, 6) is -7.11. The number of aliphatic hydroxyl groups is 1. The molecule has 20 heavy (non-hydrogen) atoms. The summed E-state index contributed by atoms with van der Waals surface area (Å²) in [4.78, 5) is 23.8. The van der Waals surface area contributed by atoms with E-state index in [0.717, 1.165) is 4.90 Å². The fourth-order valence-electron chi connectivity index (χ4n) is 2.12. The van der Waals surface area contributed by atoms with Crippen LogP contribution in [0.5, 0.6) is 0 Å². The number of likely N-dealkylation sites (tertiary alicyclic amines) is 1. The smallest absolute Gasteiger partial charge is 0.326 e. The van der Waals surface area contributed by atoms with E-state index in [0.29, 0.717) is 12.1 Å². The zero-order valence-electron chi connectivity index (χ0n) is 10.0. The lowest BCUT2D eigenvalue weighted by Crippen LogP contribution is -2.40. The Morgan fingerprint density at radius 1 is 1.20 bits per heavy atom. The summed E-state index contributed by atoms with van der Waals surface area (Å²) in [6.07, 6.45) is -1.21. The van der Waals surface area contributed by atoms with E-state index in [1.54, 1.807) is 0 Å². The Balaban J connectivity index is 2.33. The Kier molecular flexibility index (Phi) is 3.67. The number of halogens is 3. The average molecular weight is 289 g/mol. The Bertz CT molecular complexity index is 555. The standard InChI is InChI=1S/C12H10F3NO4/c13-7-1-5(2-8(14)10(7)15)11(18)16-4-6(17)3-9(16)12(19)20/h1-2,6,9,17H,3-4H2,(H,19,20). The topological polar surface area (TPSA) is 77.8 Å². The van der Waals surface area contributed by atoms with Crippen molar-refractivity contribution in [3.05, 3.63) is 35.1 Å². The molecule has 1 fully saturated rings. The summed E-state index contributed by atoms with van der Waals surface area (Å²) in [6.45, 7) is -0.267. The third-order valence-electron chi connectivity index (χ3n) is 3.06. The minimum Gasteiger partial charge on any atom is -0.480 e. The summed E-state index contributed by atoms with van der Waals surface area (Å²) in [6, 6.07) is -0.303. The van der Waals surface area contributed by atoms with Crippen molar-refractivity contribution in [3.8, 4) is 0 Å². The van der Waals surface area contributed by atoms with Crippen LogP contribution in [0.15, 0.2) is 12.1 Å².